The van der Waals surface area contributed by atoms with Crippen LogP contribution in [0, 0.1) is 11.3 Å². The van der Waals surface area contributed by atoms with Crippen molar-refractivity contribution >= 4 is 32.2 Å². The summed E-state index contributed by atoms with van der Waals surface area (Å²) in [5, 5.41) is 11.4. The zero-order chi connectivity index (χ0) is 16.5. The number of hydrogen-bond donors (Lipinski definition) is 0. The van der Waals surface area contributed by atoms with Gasteiger partial charge in [0.2, 0.25) is 0 Å². The molecule has 0 bridgehead atoms. The highest BCUT2D eigenvalue weighted by Gasteiger charge is 2.18. The Morgan fingerprint density at radius 2 is 1.83 bits per heavy atom. The Kier molecular flexibility index (Phi) is 3.89. The molecule has 0 fully saturated rings. The van der Waals surface area contributed by atoms with E-state index in [4.69, 9.17) is 4.98 Å². The highest BCUT2D eigenvalue weighted by Crippen LogP contribution is 2.33. The molecule has 0 saturated carbocycles. The molecule has 0 aliphatic rings. The topological polar surface area (TPSA) is 54.0 Å². The standard InChI is InChI=1S/C18H11BrN4S/c19-14-3-1-13(2-4-14)17-15(5-8-20)23-16(11-24-18(23)22-17)12-6-9-21-10-7-12/h1-4,6-7,9-11H,5H2. The molecule has 4 rings (SSSR count). The second kappa shape index (κ2) is 6.19. The number of thiazole rings is 1. The molecule has 3 aromatic heterocycles. The molecule has 4 aromatic rings. The Morgan fingerprint density at radius 1 is 1.08 bits per heavy atom. The van der Waals surface area contributed by atoms with Crippen molar-refractivity contribution in [3.05, 3.63) is 64.3 Å². The number of benzene rings is 1. The van der Waals surface area contributed by atoms with E-state index in [1.807, 2.05) is 36.4 Å². The van der Waals surface area contributed by atoms with Gasteiger partial charge in [0.25, 0.3) is 0 Å². The van der Waals surface area contributed by atoms with Gasteiger partial charge in [-0.05, 0) is 24.3 Å². The molecule has 0 atom stereocenters. The van der Waals surface area contributed by atoms with Gasteiger partial charge in [0.1, 0.15) is 0 Å². The van der Waals surface area contributed by atoms with Gasteiger partial charge in [0.15, 0.2) is 4.96 Å². The summed E-state index contributed by atoms with van der Waals surface area (Å²) in [6.45, 7) is 0. The second-order valence-electron chi connectivity index (χ2n) is 5.22. The van der Waals surface area contributed by atoms with Crippen molar-refractivity contribution in [2.24, 2.45) is 0 Å². The number of nitrogens with zero attached hydrogens (tertiary/aromatic N) is 4. The van der Waals surface area contributed by atoms with Crippen LogP contribution in [-0.2, 0) is 6.42 Å². The van der Waals surface area contributed by atoms with E-state index in [0.29, 0.717) is 6.42 Å². The SMILES string of the molecule is N#CCc1c(-c2ccc(Br)cc2)nc2scc(-c3ccncc3)n12. The molecule has 3 heterocycles. The van der Waals surface area contributed by atoms with Crippen molar-refractivity contribution in [3.63, 3.8) is 0 Å². The van der Waals surface area contributed by atoms with Gasteiger partial charge in [-0.3, -0.25) is 9.38 Å². The van der Waals surface area contributed by atoms with Crippen LogP contribution in [0.25, 0.3) is 27.5 Å². The van der Waals surface area contributed by atoms with Gasteiger partial charge in [-0.15, -0.1) is 11.3 Å². The number of nitriles is 1. The van der Waals surface area contributed by atoms with Crippen molar-refractivity contribution in [2.75, 3.05) is 0 Å². The average molecular weight is 395 g/mol. The van der Waals surface area contributed by atoms with Gasteiger partial charge in [0, 0.05) is 33.4 Å². The van der Waals surface area contributed by atoms with Gasteiger partial charge < -0.3 is 0 Å². The quantitative estimate of drug-likeness (QED) is 0.493. The lowest BCUT2D eigenvalue weighted by atomic mass is 10.1. The van der Waals surface area contributed by atoms with E-state index >= 15 is 0 Å². The van der Waals surface area contributed by atoms with E-state index in [0.717, 1.165) is 37.6 Å². The smallest absolute Gasteiger partial charge is 0.194 e. The maximum atomic E-state index is 9.31. The molecule has 0 unspecified atom stereocenters. The van der Waals surface area contributed by atoms with Crippen molar-refractivity contribution < 1.29 is 0 Å². The molecule has 4 nitrogen and oxygen atoms in total. The number of rotatable bonds is 3. The van der Waals surface area contributed by atoms with E-state index in [1.165, 1.54) is 0 Å². The van der Waals surface area contributed by atoms with Crippen LogP contribution in [0.3, 0.4) is 0 Å². The van der Waals surface area contributed by atoms with Crippen LogP contribution in [0.5, 0.6) is 0 Å². The molecule has 116 valence electrons. The number of pyridine rings is 1. The van der Waals surface area contributed by atoms with E-state index in [2.05, 4.69) is 36.8 Å². The predicted molar refractivity (Wildman–Crippen MR) is 98.8 cm³/mol. The van der Waals surface area contributed by atoms with Gasteiger partial charge in [0.05, 0.1) is 29.6 Å². The van der Waals surface area contributed by atoms with Crippen LogP contribution in [-0.4, -0.2) is 14.4 Å². The zero-order valence-electron chi connectivity index (χ0n) is 12.5. The minimum Gasteiger partial charge on any atom is -0.286 e. The Hall–Kier alpha value is -2.49. The summed E-state index contributed by atoms with van der Waals surface area (Å²) in [5.74, 6) is 0. The maximum Gasteiger partial charge on any atom is 0.194 e. The first kappa shape index (κ1) is 15.1. The average Bonchev–Trinajstić information content (AvgIpc) is 3.17. The first-order valence-corrected chi connectivity index (χ1v) is 8.97. The Labute approximate surface area is 151 Å². The number of halogens is 1. The van der Waals surface area contributed by atoms with Crippen LogP contribution in [0.1, 0.15) is 5.69 Å². The molecule has 6 heteroatoms. The summed E-state index contributed by atoms with van der Waals surface area (Å²) in [5.41, 5.74) is 4.91. The summed E-state index contributed by atoms with van der Waals surface area (Å²) in [6.07, 6.45) is 3.85. The molecule has 0 N–H and O–H groups in total. The maximum absolute atomic E-state index is 9.31. The van der Waals surface area contributed by atoms with E-state index < -0.39 is 0 Å². The number of fused-ring (bicyclic) bond motifs is 1. The largest absolute Gasteiger partial charge is 0.286 e. The summed E-state index contributed by atoms with van der Waals surface area (Å²) in [4.78, 5) is 9.75. The lowest BCUT2D eigenvalue weighted by Gasteiger charge is -2.04. The summed E-state index contributed by atoms with van der Waals surface area (Å²) in [7, 11) is 0. The van der Waals surface area contributed by atoms with Gasteiger partial charge in [-0.2, -0.15) is 5.26 Å². The molecule has 0 saturated heterocycles. The van der Waals surface area contributed by atoms with Crippen molar-refractivity contribution in [3.8, 4) is 28.6 Å². The molecular weight excluding hydrogens is 384 g/mol. The molecule has 0 aliphatic carbocycles. The minimum atomic E-state index is 0.307. The zero-order valence-corrected chi connectivity index (χ0v) is 14.9. The Balaban J connectivity index is 1.97. The van der Waals surface area contributed by atoms with Crippen molar-refractivity contribution in [1.29, 1.82) is 5.26 Å². The molecule has 1 aromatic carbocycles. The number of imidazole rings is 1. The molecule has 24 heavy (non-hydrogen) atoms. The fraction of sp³-hybridized carbons (Fsp3) is 0.0556. The first-order valence-electron chi connectivity index (χ1n) is 7.30. The normalized spacial score (nSPS) is 10.8. The molecule has 0 amide bonds. The Bertz CT molecular complexity index is 1040. The Morgan fingerprint density at radius 3 is 2.54 bits per heavy atom. The monoisotopic (exact) mass is 394 g/mol. The summed E-state index contributed by atoms with van der Waals surface area (Å²) in [6, 6.07) is 14.2. The number of hydrogen-bond acceptors (Lipinski definition) is 4. The third-order valence-corrected chi connectivity index (χ3v) is 5.15. The van der Waals surface area contributed by atoms with Gasteiger partial charge in [-0.25, -0.2) is 4.98 Å². The van der Waals surface area contributed by atoms with Crippen LogP contribution in [0.2, 0.25) is 0 Å². The number of aromatic nitrogens is 3. The first-order chi connectivity index (χ1) is 11.8. The lowest BCUT2D eigenvalue weighted by molar-refractivity contribution is 1.08. The van der Waals surface area contributed by atoms with Gasteiger partial charge >= 0.3 is 0 Å². The fourth-order valence-electron chi connectivity index (χ4n) is 2.72. The van der Waals surface area contributed by atoms with E-state index in [1.54, 1.807) is 23.7 Å². The van der Waals surface area contributed by atoms with Crippen LogP contribution in [0.15, 0.2) is 58.6 Å². The van der Waals surface area contributed by atoms with E-state index in [-0.39, 0.29) is 0 Å². The molecule has 0 radical (unpaired) electrons. The molecule has 0 spiro atoms. The third-order valence-electron chi connectivity index (χ3n) is 3.80. The van der Waals surface area contributed by atoms with Crippen LogP contribution >= 0.6 is 27.3 Å². The summed E-state index contributed by atoms with van der Waals surface area (Å²) >= 11 is 5.04. The van der Waals surface area contributed by atoms with Crippen molar-refractivity contribution in [2.45, 2.75) is 6.42 Å². The third kappa shape index (κ3) is 2.52. The van der Waals surface area contributed by atoms with E-state index in [9.17, 15) is 5.26 Å². The highest BCUT2D eigenvalue weighted by molar-refractivity contribution is 9.10. The lowest BCUT2D eigenvalue weighted by Crippen LogP contribution is -1.95. The fourth-order valence-corrected chi connectivity index (χ4v) is 3.90. The second-order valence-corrected chi connectivity index (χ2v) is 6.98. The van der Waals surface area contributed by atoms with Gasteiger partial charge in [-0.1, -0.05) is 28.1 Å². The predicted octanol–water partition coefficient (Wildman–Crippen LogP) is 4.95. The molecule has 0 aliphatic heterocycles. The van der Waals surface area contributed by atoms with Crippen molar-refractivity contribution in [1.82, 2.24) is 14.4 Å². The van der Waals surface area contributed by atoms with Crippen LogP contribution < -0.4 is 0 Å². The molecular formula is C18H11BrN4S. The highest BCUT2D eigenvalue weighted by atomic mass is 79.9. The minimum absolute atomic E-state index is 0.307. The summed E-state index contributed by atoms with van der Waals surface area (Å²) < 4.78 is 3.10. The van der Waals surface area contributed by atoms with Crippen LogP contribution in [0.4, 0.5) is 0 Å².